The van der Waals surface area contributed by atoms with Crippen LogP contribution in [0.25, 0.3) is 10.9 Å². The van der Waals surface area contributed by atoms with Crippen molar-refractivity contribution in [1.82, 2.24) is 4.98 Å². The van der Waals surface area contributed by atoms with Gasteiger partial charge in [-0.3, -0.25) is 9.59 Å². The number of hydrogen-bond acceptors (Lipinski definition) is 3. The molecule has 0 radical (unpaired) electrons. The third kappa shape index (κ3) is 1.97. The Kier molecular flexibility index (Phi) is 3.06. The van der Waals surface area contributed by atoms with Gasteiger partial charge < -0.3 is 9.72 Å². The fraction of sp³-hybridized carbons (Fsp3) is 0.444. The lowest BCUT2D eigenvalue weighted by molar-refractivity contribution is 0.0888. The second-order valence-electron chi connectivity index (χ2n) is 6.50. The molecule has 4 heteroatoms. The van der Waals surface area contributed by atoms with Gasteiger partial charge in [0.2, 0.25) is 0 Å². The highest BCUT2D eigenvalue weighted by molar-refractivity contribution is 6.01. The van der Waals surface area contributed by atoms with E-state index in [1.165, 1.54) is 19.3 Å². The Morgan fingerprint density at radius 3 is 2.64 bits per heavy atom. The van der Waals surface area contributed by atoms with E-state index in [1.54, 1.807) is 19.2 Å². The van der Waals surface area contributed by atoms with Crippen LogP contribution >= 0.6 is 0 Å². The van der Waals surface area contributed by atoms with Gasteiger partial charge in [0.05, 0.1) is 18.2 Å². The van der Waals surface area contributed by atoms with Crippen LogP contribution in [0.15, 0.2) is 23.0 Å². The molecule has 1 N–H and O–H groups in total. The predicted octanol–water partition coefficient (Wildman–Crippen LogP) is 3.08. The first-order valence-electron chi connectivity index (χ1n) is 7.93. The third-order valence-electron chi connectivity index (χ3n) is 5.29. The normalized spacial score (nSPS) is 21.5. The molecule has 1 aromatic carbocycles. The Morgan fingerprint density at radius 2 is 1.95 bits per heavy atom. The van der Waals surface area contributed by atoms with Gasteiger partial charge in [-0.25, -0.2) is 0 Å². The first kappa shape index (κ1) is 13.6. The van der Waals surface area contributed by atoms with Crippen molar-refractivity contribution in [2.45, 2.75) is 32.1 Å². The third-order valence-corrected chi connectivity index (χ3v) is 5.29. The van der Waals surface area contributed by atoms with Gasteiger partial charge in [0, 0.05) is 23.6 Å². The lowest BCUT2D eigenvalue weighted by atomic mass is 9.69. The largest absolute Gasteiger partial charge is 0.497 e. The number of H-pyrrole nitrogens is 1. The highest BCUT2D eigenvalue weighted by atomic mass is 16.5. The molecule has 0 spiro atoms. The molecule has 1 heterocycles. The number of Topliss-reactive ketones (excluding diaryl/α,β-unsaturated/α-hetero) is 1. The van der Waals surface area contributed by atoms with E-state index < -0.39 is 0 Å². The number of nitrogens with one attached hydrogen (secondary N) is 1. The minimum Gasteiger partial charge on any atom is -0.497 e. The average Bonchev–Trinajstić information content (AvgIpc) is 2.44. The summed E-state index contributed by atoms with van der Waals surface area (Å²) in [4.78, 5) is 28.5. The molecule has 2 aromatic rings. The van der Waals surface area contributed by atoms with E-state index in [0.29, 0.717) is 35.0 Å². The molecule has 1 saturated carbocycles. The topological polar surface area (TPSA) is 59.2 Å². The number of ether oxygens (including phenoxy) is 1. The van der Waals surface area contributed by atoms with E-state index in [1.807, 2.05) is 6.07 Å². The average molecular weight is 297 g/mol. The summed E-state index contributed by atoms with van der Waals surface area (Å²) in [5, 5.41) is 0.565. The van der Waals surface area contributed by atoms with Crippen molar-refractivity contribution < 1.29 is 9.53 Å². The molecule has 0 aliphatic heterocycles. The van der Waals surface area contributed by atoms with Crippen molar-refractivity contribution in [2.24, 2.45) is 11.8 Å². The van der Waals surface area contributed by atoms with Gasteiger partial charge in [-0.05, 0) is 30.4 Å². The molecule has 2 aliphatic rings. The summed E-state index contributed by atoms with van der Waals surface area (Å²) in [6.45, 7) is 0. The van der Waals surface area contributed by atoms with Crippen LogP contribution in [0.1, 0.15) is 41.7 Å². The number of aromatic nitrogens is 1. The number of aromatic amines is 1. The Bertz CT molecular complexity index is 817. The molecule has 4 rings (SSSR count). The van der Waals surface area contributed by atoms with E-state index in [0.717, 1.165) is 17.6 Å². The highest BCUT2D eigenvalue weighted by Gasteiger charge is 2.35. The van der Waals surface area contributed by atoms with E-state index in [9.17, 15) is 9.59 Å². The fourth-order valence-electron chi connectivity index (χ4n) is 3.82. The maximum atomic E-state index is 12.7. The fourth-order valence-corrected chi connectivity index (χ4v) is 3.82. The zero-order chi connectivity index (χ0) is 15.3. The summed E-state index contributed by atoms with van der Waals surface area (Å²) in [5.41, 5.74) is 1.82. The molecule has 2 aliphatic carbocycles. The van der Waals surface area contributed by atoms with Gasteiger partial charge in [-0.15, -0.1) is 0 Å². The van der Waals surface area contributed by atoms with E-state index in [2.05, 4.69) is 4.98 Å². The minimum atomic E-state index is -0.136. The van der Waals surface area contributed by atoms with E-state index >= 15 is 0 Å². The second kappa shape index (κ2) is 4.97. The van der Waals surface area contributed by atoms with Crippen LogP contribution in [-0.2, 0) is 6.42 Å². The minimum absolute atomic E-state index is 0.0112. The highest BCUT2D eigenvalue weighted by Crippen LogP contribution is 2.39. The van der Waals surface area contributed by atoms with E-state index in [-0.39, 0.29) is 11.2 Å². The van der Waals surface area contributed by atoms with Crippen molar-refractivity contribution >= 4 is 16.7 Å². The lowest BCUT2D eigenvalue weighted by Gasteiger charge is -2.36. The van der Waals surface area contributed by atoms with Crippen molar-refractivity contribution in [3.63, 3.8) is 0 Å². The van der Waals surface area contributed by atoms with Crippen LogP contribution in [-0.4, -0.2) is 17.9 Å². The van der Waals surface area contributed by atoms with Crippen LogP contribution in [0.3, 0.4) is 0 Å². The van der Waals surface area contributed by atoms with Gasteiger partial charge in [0.15, 0.2) is 11.2 Å². The number of fused-ring (bicyclic) bond motifs is 2. The van der Waals surface area contributed by atoms with Crippen molar-refractivity contribution in [3.8, 4) is 5.75 Å². The van der Waals surface area contributed by atoms with Crippen LogP contribution in [0.2, 0.25) is 0 Å². The van der Waals surface area contributed by atoms with Crippen molar-refractivity contribution in [2.75, 3.05) is 7.11 Å². The number of benzene rings is 1. The van der Waals surface area contributed by atoms with E-state index in [4.69, 9.17) is 4.74 Å². The number of methoxy groups -OCH3 is 1. The molecule has 1 fully saturated rings. The monoisotopic (exact) mass is 297 g/mol. The second-order valence-corrected chi connectivity index (χ2v) is 6.50. The van der Waals surface area contributed by atoms with Gasteiger partial charge in [-0.1, -0.05) is 19.3 Å². The maximum absolute atomic E-state index is 12.7. The van der Waals surface area contributed by atoms with Crippen LogP contribution in [0.4, 0.5) is 0 Å². The summed E-state index contributed by atoms with van der Waals surface area (Å²) in [6, 6.07) is 5.32. The Labute approximate surface area is 128 Å². The molecule has 0 amide bonds. The van der Waals surface area contributed by atoms with Gasteiger partial charge in [-0.2, -0.15) is 0 Å². The molecule has 0 saturated heterocycles. The predicted molar refractivity (Wildman–Crippen MR) is 84.6 cm³/mol. The van der Waals surface area contributed by atoms with Gasteiger partial charge in [0.1, 0.15) is 5.75 Å². The number of hydrogen-bond donors (Lipinski definition) is 1. The standard InChI is InChI=1S/C18H19NO3/c1-22-12-5-6-13-14(9-12)19-15-7-11(10-3-2-4-10)8-16(20)17(15)18(13)21/h5-6,9-11H,2-4,7-8H2,1H3,(H,19,21). The molecule has 4 nitrogen and oxygen atoms in total. The molecule has 1 unspecified atom stereocenters. The molecule has 1 aromatic heterocycles. The Hall–Kier alpha value is -2.10. The van der Waals surface area contributed by atoms with Crippen molar-refractivity contribution in [3.05, 3.63) is 39.7 Å². The molecular formula is C18H19NO3. The summed E-state index contributed by atoms with van der Waals surface area (Å²) in [6.07, 6.45) is 5.06. The Balaban J connectivity index is 1.85. The Morgan fingerprint density at radius 1 is 1.14 bits per heavy atom. The van der Waals surface area contributed by atoms with Gasteiger partial charge >= 0.3 is 0 Å². The van der Waals surface area contributed by atoms with Crippen LogP contribution in [0.5, 0.6) is 5.75 Å². The number of pyridine rings is 1. The first-order chi connectivity index (χ1) is 10.7. The lowest BCUT2D eigenvalue weighted by Crippen LogP contribution is -2.34. The smallest absolute Gasteiger partial charge is 0.200 e. The van der Waals surface area contributed by atoms with Crippen LogP contribution < -0.4 is 10.2 Å². The SMILES string of the molecule is COc1ccc2c(=O)c3c([nH]c2c1)CC(C1CCC1)CC3=O. The quantitative estimate of drug-likeness (QED) is 0.926. The van der Waals surface area contributed by atoms with Crippen LogP contribution in [0, 0.1) is 11.8 Å². The first-order valence-corrected chi connectivity index (χ1v) is 7.93. The number of rotatable bonds is 2. The summed E-state index contributed by atoms with van der Waals surface area (Å²) >= 11 is 0. The van der Waals surface area contributed by atoms with Crippen molar-refractivity contribution in [1.29, 1.82) is 0 Å². The molecule has 1 atom stereocenters. The summed E-state index contributed by atoms with van der Waals surface area (Å²) in [7, 11) is 1.60. The summed E-state index contributed by atoms with van der Waals surface area (Å²) < 4.78 is 5.22. The number of carbonyl (C=O) groups excluding carboxylic acids is 1. The summed E-state index contributed by atoms with van der Waals surface area (Å²) in [5.74, 6) is 1.77. The zero-order valence-corrected chi connectivity index (χ0v) is 12.6. The number of carbonyl (C=O) groups is 1. The zero-order valence-electron chi connectivity index (χ0n) is 12.6. The molecule has 0 bridgehead atoms. The molecule has 114 valence electrons. The number of ketones is 1. The molecular weight excluding hydrogens is 278 g/mol. The van der Waals surface area contributed by atoms with Gasteiger partial charge in [0.25, 0.3) is 0 Å². The maximum Gasteiger partial charge on any atom is 0.200 e. The molecule has 22 heavy (non-hydrogen) atoms.